The Morgan fingerprint density at radius 1 is 1.33 bits per heavy atom. The molecular weight excluding hydrogens is 204 g/mol. The Balaban J connectivity index is 2.27. The Kier molecular flexibility index (Phi) is 3.10. The third-order valence-electron chi connectivity index (χ3n) is 2.79. The molecule has 0 bridgehead atoms. The summed E-state index contributed by atoms with van der Waals surface area (Å²) in [4.78, 5) is 2.45. The maximum atomic E-state index is 6.03. The second kappa shape index (κ2) is 4.35. The SMILES string of the molecule is CC(C)N(c1ccccc1N)C1CSC1. The van der Waals surface area contributed by atoms with Gasteiger partial charge in [-0.2, -0.15) is 11.8 Å². The first kappa shape index (κ1) is 10.7. The van der Waals surface area contributed by atoms with Gasteiger partial charge in [0, 0.05) is 23.6 Å². The monoisotopic (exact) mass is 222 g/mol. The van der Waals surface area contributed by atoms with Gasteiger partial charge in [0.1, 0.15) is 0 Å². The lowest BCUT2D eigenvalue weighted by atomic mass is 10.1. The van der Waals surface area contributed by atoms with Crippen molar-refractivity contribution in [1.29, 1.82) is 0 Å². The molecule has 2 rings (SSSR count). The van der Waals surface area contributed by atoms with Crippen LogP contribution in [0.3, 0.4) is 0 Å². The normalized spacial score (nSPS) is 16.5. The summed E-state index contributed by atoms with van der Waals surface area (Å²) in [5, 5.41) is 0. The van der Waals surface area contributed by atoms with E-state index in [-0.39, 0.29) is 0 Å². The highest BCUT2D eigenvalue weighted by molar-refractivity contribution is 8.00. The van der Waals surface area contributed by atoms with Gasteiger partial charge in [-0.15, -0.1) is 0 Å². The van der Waals surface area contributed by atoms with Gasteiger partial charge in [0.15, 0.2) is 0 Å². The van der Waals surface area contributed by atoms with Gasteiger partial charge >= 0.3 is 0 Å². The molecular formula is C12H18N2S. The number of para-hydroxylation sites is 2. The lowest BCUT2D eigenvalue weighted by Gasteiger charge is -2.42. The molecule has 0 unspecified atom stereocenters. The van der Waals surface area contributed by atoms with Crippen molar-refractivity contribution in [2.75, 3.05) is 22.1 Å². The second-order valence-electron chi connectivity index (χ2n) is 4.25. The topological polar surface area (TPSA) is 29.3 Å². The lowest BCUT2D eigenvalue weighted by molar-refractivity contribution is 0.604. The van der Waals surface area contributed by atoms with Crippen molar-refractivity contribution in [1.82, 2.24) is 0 Å². The van der Waals surface area contributed by atoms with E-state index in [0.717, 1.165) is 5.69 Å². The summed E-state index contributed by atoms with van der Waals surface area (Å²) < 4.78 is 0. The fraction of sp³-hybridized carbons (Fsp3) is 0.500. The molecule has 1 aliphatic rings. The molecule has 3 heteroatoms. The smallest absolute Gasteiger partial charge is 0.0605 e. The summed E-state index contributed by atoms with van der Waals surface area (Å²) in [5.74, 6) is 2.46. The van der Waals surface area contributed by atoms with Gasteiger partial charge in [-0.1, -0.05) is 12.1 Å². The minimum Gasteiger partial charge on any atom is -0.397 e. The van der Waals surface area contributed by atoms with Gasteiger partial charge in [0.25, 0.3) is 0 Å². The summed E-state index contributed by atoms with van der Waals surface area (Å²) in [6.07, 6.45) is 0. The standard InChI is InChI=1S/C12H18N2S/c1-9(2)14(10-7-15-8-10)12-6-4-3-5-11(12)13/h3-6,9-10H,7-8,13H2,1-2H3. The van der Waals surface area contributed by atoms with Crippen LogP contribution in [0.1, 0.15) is 13.8 Å². The van der Waals surface area contributed by atoms with Gasteiger partial charge in [0.2, 0.25) is 0 Å². The van der Waals surface area contributed by atoms with Gasteiger partial charge in [0.05, 0.1) is 11.4 Å². The Bertz CT molecular complexity index is 334. The highest BCUT2D eigenvalue weighted by atomic mass is 32.2. The lowest BCUT2D eigenvalue weighted by Crippen LogP contribution is -2.48. The molecule has 1 heterocycles. The zero-order valence-electron chi connectivity index (χ0n) is 9.31. The molecule has 1 aromatic carbocycles. The Hall–Kier alpha value is -0.830. The van der Waals surface area contributed by atoms with E-state index in [1.54, 1.807) is 0 Å². The molecule has 0 atom stereocenters. The van der Waals surface area contributed by atoms with Crippen LogP contribution in [0.2, 0.25) is 0 Å². The molecule has 0 aromatic heterocycles. The predicted molar refractivity (Wildman–Crippen MR) is 69.6 cm³/mol. The van der Waals surface area contributed by atoms with Crippen LogP contribution in [0.15, 0.2) is 24.3 Å². The maximum Gasteiger partial charge on any atom is 0.0605 e. The summed E-state index contributed by atoms with van der Waals surface area (Å²) in [7, 11) is 0. The number of nitrogen functional groups attached to an aromatic ring is 1. The summed E-state index contributed by atoms with van der Waals surface area (Å²) in [6.45, 7) is 4.46. The quantitative estimate of drug-likeness (QED) is 0.797. The van der Waals surface area contributed by atoms with Crippen LogP contribution in [-0.4, -0.2) is 23.6 Å². The number of rotatable bonds is 3. The van der Waals surface area contributed by atoms with Crippen LogP contribution in [-0.2, 0) is 0 Å². The molecule has 2 nitrogen and oxygen atoms in total. The summed E-state index contributed by atoms with van der Waals surface area (Å²) in [5.41, 5.74) is 8.11. The van der Waals surface area contributed by atoms with Crippen molar-refractivity contribution in [2.45, 2.75) is 25.9 Å². The van der Waals surface area contributed by atoms with E-state index < -0.39 is 0 Å². The summed E-state index contributed by atoms with van der Waals surface area (Å²) >= 11 is 2.01. The molecule has 15 heavy (non-hydrogen) atoms. The van der Waals surface area contributed by atoms with E-state index in [1.807, 2.05) is 23.9 Å². The largest absolute Gasteiger partial charge is 0.397 e. The number of thioether (sulfide) groups is 1. The van der Waals surface area contributed by atoms with Crippen molar-refractivity contribution in [3.8, 4) is 0 Å². The van der Waals surface area contributed by atoms with Crippen molar-refractivity contribution < 1.29 is 0 Å². The second-order valence-corrected chi connectivity index (χ2v) is 5.33. The number of nitrogens with two attached hydrogens (primary N) is 1. The third-order valence-corrected chi connectivity index (χ3v) is 4.03. The molecule has 0 spiro atoms. The third kappa shape index (κ3) is 2.07. The van der Waals surface area contributed by atoms with E-state index in [9.17, 15) is 0 Å². The number of benzene rings is 1. The molecule has 1 saturated heterocycles. The molecule has 82 valence electrons. The molecule has 0 saturated carbocycles. The van der Waals surface area contributed by atoms with Gasteiger partial charge in [-0.05, 0) is 26.0 Å². The zero-order valence-corrected chi connectivity index (χ0v) is 10.1. The van der Waals surface area contributed by atoms with Crippen LogP contribution in [0.4, 0.5) is 11.4 Å². The van der Waals surface area contributed by atoms with Crippen molar-refractivity contribution >= 4 is 23.1 Å². The highest BCUT2D eigenvalue weighted by Gasteiger charge is 2.28. The average molecular weight is 222 g/mol. The van der Waals surface area contributed by atoms with E-state index >= 15 is 0 Å². The molecule has 2 N–H and O–H groups in total. The number of nitrogens with zero attached hydrogens (tertiary/aromatic N) is 1. The van der Waals surface area contributed by atoms with E-state index in [2.05, 4.69) is 30.9 Å². The van der Waals surface area contributed by atoms with E-state index in [1.165, 1.54) is 17.2 Å². The number of hydrogen-bond donors (Lipinski definition) is 1. The minimum atomic E-state index is 0.514. The van der Waals surface area contributed by atoms with Crippen LogP contribution >= 0.6 is 11.8 Å². The van der Waals surface area contributed by atoms with Gasteiger partial charge in [-0.25, -0.2) is 0 Å². The zero-order chi connectivity index (χ0) is 10.8. The van der Waals surface area contributed by atoms with Crippen molar-refractivity contribution in [3.05, 3.63) is 24.3 Å². The first-order chi connectivity index (χ1) is 7.20. The fourth-order valence-corrected chi connectivity index (χ4v) is 2.77. The average Bonchev–Trinajstić information content (AvgIpc) is 2.12. The van der Waals surface area contributed by atoms with Gasteiger partial charge < -0.3 is 10.6 Å². The molecule has 0 radical (unpaired) electrons. The van der Waals surface area contributed by atoms with Crippen LogP contribution < -0.4 is 10.6 Å². The van der Waals surface area contributed by atoms with E-state index in [4.69, 9.17) is 5.73 Å². The number of anilines is 2. The predicted octanol–water partition coefficient (Wildman–Crippen LogP) is 2.60. The Morgan fingerprint density at radius 2 is 2.00 bits per heavy atom. The Labute approximate surface area is 95.8 Å². The van der Waals surface area contributed by atoms with Crippen LogP contribution in [0, 0.1) is 0 Å². The molecule has 0 amide bonds. The Morgan fingerprint density at radius 3 is 2.47 bits per heavy atom. The number of hydrogen-bond acceptors (Lipinski definition) is 3. The fourth-order valence-electron chi connectivity index (χ4n) is 2.00. The van der Waals surface area contributed by atoms with Crippen molar-refractivity contribution in [2.24, 2.45) is 0 Å². The maximum absolute atomic E-state index is 6.03. The van der Waals surface area contributed by atoms with E-state index in [0.29, 0.717) is 12.1 Å². The van der Waals surface area contributed by atoms with Gasteiger partial charge in [-0.3, -0.25) is 0 Å². The first-order valence-electron chi connectivity index (χ1n) is 5.40. The molecule has 1 aliphatic heterocycles. The molecule has 1 fully saturated rings. The summed E-state index contributed by atoms with van der Waals surface area (Å²) in [6, 6.07) is 9.34. The van der Waals surface area contributed by atoms with Crippen molar-refractivity contribution in [3.63, 3.8) is 0 Å². The van der Waals surface area contributed by atoms with Crippen LogP contribution in [0.25, 0.3) is 0 Å². The first-order valence-corrected chi connectivity index (χ1v) is 6.56. The minimum absolute atomic E-state index is 0.514. The van der Waals surface area contributed by atoms with Crippen LogP contribution in [0.5, 0.6) is 0 Å². The highest BCUT2D eigenvalue weighted by Crippen LogP contribution is 2.32. The molecule has 1 aromatic rings. The molecule has 0 aliphatic carbocycles.